The molecule has 70 valence electrons. The van der Waals surface area contributed by atoms with Gasteiger partial charge in [0.15, 0.2) is 5.13 Å². The van der Waals surface area contributed by atoms with Crippen LogP contribution < -0.4 is 5.73 Å². The lowest BCUT2D eigenvalue weighted by Gasteiger charge is -1.93. The maximum atomic E-state index is 10.3. The number of carboxylic acids is 1. The van der Waals surface area contributed by atoms with Gasteiger partial charge in [0, 0.05) is 5.38 Å². The van der Waals surface area contributed by atoms with E-state index >= 15 is 0 Å². The Hall–Kier alpha value is -1.36. The number of hydrogen-bond acceptors (Lipinski definition) is 4. The van der Waals surface area contributed by atoms with E-state index in [1.165, 1.54) is 11.3 Å². The zero-order valence-electron chi connectivity index (χ0n) is 7.15. The van der Waals surface area contributed by atoms with Crippen LogP contribution in [0, 0.1) is 0 Å². The summed E-state index contributed by atoms with van der Waals surface area (Å²) in [4.78, 5) is 14.3. The maximum absolute atomic E-state index is 10.3. The molecule has 0 aliphatic heterocycles. The number of aliphatic carboxylic acids is 1. The highest BCUT2D eigenvalue weighted by molar-refractivity contribution is 7.13. The third kappa shape index (κ3) is 2.87. The Bertz CT molecular complexity index is 344. The van der Waals surface area contributed by atoms with Crippen LogP contribution in [0.1, 0.15) is 19.0 Å². The highest BCUT2D eigenvalue weighted by Crippen LogP contribution is 2.18. The number of rotatable bonds is 3. The molecule has 0 bridgehead atoms. The second-order valence-corrected chi connectivity index (χ2v) is 3.45. The Morgan fingerprint density at radius 2 is 2.54 bits per heavy atom. The summed E-state index contributed by atoms with van der Waals surface area (Å²) in [7, 11) is 0. The topological polar surface area (TPSA) is 76.2 Å². The first-order chi connectivity index (χ1) is 6.09. The van der Waals surface area contributed by atoms with Crippen molar-refractivity contribution in [1.82, 2.24) is 4.98 Å². The maximum Gasteiger partial charge on any atom is 0.307 e. The van der Waals surface area contributed by atoms with Gasteiger partial charge in [-0.3, -0.25) is 4.79 Å². The van der Waals surface area contributed by atoms with Crippen LogP contribution in [-0.4, -0.2) is 16.1 Å². The number of aromatic nitrogens is 1. The van der Waals surface area contributed by atoms with Crippen LogP contribution in [0.4, 0.5) is 5.13 Å². The number of anilines is 1. The second kappa shape index (κ2) is 4.04. The molecule has 0 amide bonds. The fraction of sp³-hybridized carbons (Fsp3) is 0.250. The molecule has 0 radical (unpaired) electrons. The Morgan fingerprint density at radius 1 is 1.85 bits per heavy atom. The molecule has 4 nitrogen and oxygen atoms in total. The zero-order chi connectivity index (χ0) is 9.84. The Labute approximate surface area is 79.7 Å². The number of nitrogens with two attached hydrogens (primary N) is 1. The number of carboxylic acid groups (broad SMARTS) is 1. The molecule has 0 aromatic carbocycles. The first-order valence-electron chi connectivity index (χ1n) is 3.69. The zero-order valence-corrected chi connectivity index (χ0v) is 7.97. The van der Waals surface area contributed by atoms with Gasteiger partial charge in [0.2, 0.25) is 0 Å². The first-order valence-corrected chi connectivity index (χ1v) is 4.57. The lowest BCUT2D eigenvalue weighted by Crippen LogP contribution is -1.91. The van der Waals surface area contributed by atoms with Crippen molar-refractivity contribution in [2.75, 3.05) is 5.73 Å². The molecule has 1 heterocycles. The van der Waals surface area contributed by atoms with E-state index in [9.17, 15) is 4.79 Å². The van der Waals surface area contributed by atoms with Crippen molar-refractivity contribution in [1.29, 1.82) is 0 Å². The lowest BCUT2D eigenvalue weighted by molar-refractivity contribution is -0.135. The molecular formula is C8H10N2O2S. The predicted molar refractivity (Wildman–Crippen MR) is 52.4 cm³/mol. The van der Waals surface area contributed by atoms with Gasteiger partial charge in [-0.25, -0.2) is 4.98 Å². The van der Waals surface area contributed by atoms with Crippen molar-refractivity contribution in [3.8, 4) is 0 Å². The van der Waals surface area contributed by atoms with E-state index in [-0.39, 0.29) is 6.42 Å². The summed E-state index contributed by atoms with van der Waals surface area (Å²) >= 11 is 1.35. The van der Waals surface area contributed by atoms with Crippen LogP contribution in [0.25, 0.3) is 5.57 Å². The summed E-state index contributed by atoms with van der Waals surface area (Å²) in [5.41, 5.74) is 7.03. The highest BCUT2D eigenvalue weighted by atomic mass is 32.1. The second-order valence-electron chi connectivity index (χ2n) is 2.56. The van der Waals surface area contributed by atoms with Crippen molar-refractivity contribution in [2.45, 2.75) is 13.3 Å². The number of thiazole rings is 1. The van der Waals surface area contributed by atoms with Gasteiger partial charge in [0.1, 0.15) is 0 Å². The minimum Gasteiger partial charge on any atom is -0.481 e. The SMILES string of the molecule is C/C(=C\CC(=O)O)c1csc(N)n1. The summed E-state index contributed by atoms with van der Waals surface area (Å²) in [6.45, 7) is 1.82. The smallest absolute Gasteiger partial charge is 0.307 e. The predicted octanol–water partition coefficient (Wildman–Crippen LogP) is 1.60. The van der Waals surface area contributed by atoms with Crippen molar-refractivity contribution >= 4 is 28.0 Å². The molecule has 1 aromatic rings. The van der Waals surface area contributed by atoms with Crippen LogP contribution in [-0.2, 0) is 4.79 Å². The van der Waals surface area contributed by atoms with E-state index in [0.717, 1.165) is 11.3 Å². The molecule has 1 rings (SSSR count). The van der Waals surface area contributed by atoms with Gasteiger partial charge < -0.3 is 10.8 Å². The molecule has 3 N–H and O–H groups in total. The molecule has 0 unspecified atom stereocenters. The number of nitrogen functional groups attached to an aromatic ring is 1. The number of nitrogens with zero attached hydrogens (tertiary/aromatic N) is 1. The molecule has 0 aliphatic rings. The summed E-state index contributed by atoms with van der Waals surface area (Å²) in [6.07, 6.45) is 1.64. The molecule has 5 heteroatoms. The number of allylic oxidation sites excluding steroid dienone is 1. The van der Waals surface area contributed by atoms with E-state index in [0.29, 0.717) is 5.13 Å². The fourth-order valence-corrected chi connectivity index (χ4v) is 1.44. The normalized spacial score (nSPS) is 11.6. The number of hydrogen-bond donors (Lipinski definition) is 2. The third-order valence-electron chi connectivity index (χ3n) is 1.51. The third-order valence-corrected chi connectivity index (χ3v) is 2.18. The van der Waals surface area contributed by atoms with Gasteiger partial charge in [-0.05, 0) is 12.5 Å². The van der Waals surface area contributed by atoms with Crippen molar-refractivity contribution < 1.29 is 9.90 Å². The molecule has 1 aromatic heterocycles. The average molecular weight is 198 g/mol. The molecule has 0 fully saturated rings. The molecule has 0 saturated carbocycles. The van der Waals surface area contributed by atoms with Gasteiger partial charge in [-0.15, -0.1) is 11.3 Å². The Morgan fingerprint density at radius 3 is 3.00 bits per heavy atom. The fourth-order valence-electron chi connectivity index (χ4n) is 0.814. The van der Waals surface area contributed by atoms with Gasteiger partial charge in [-0.1, -0.05) is 6.08 Å². The largest absolute Gasteiger partial charge is 0.481 e. The quantitative estimate of drug-likeness (QED) is 0.773. The van der Waals surface area contributed by atoms with Crippen molar-refractivity contribution in [3.63, 3.8) is 0 Å². The highest BCUT2D eigenvalue weighted by Gasteiger charge is 2.01. The van der Waals surface area contributed by atoms with E-state index in [2.05, 4.69) is 4.98 Å². The molecule has 0 saturated heterocycles. The van der Waals surface area contributed by atoms with Gasteiger partial charge in [0.25, 0.3) is 0 Å². The van der Waals surface area contributed by atoms with Crippen molar-refractivity contribution in [3.05, 3.63) is 17.2 Å². The standard InChI is InChI=1S/C8H10N2O2S/c1-5(2-3-7(11)12)6-4-13-8(9)10-6/h2,4H,3H2,1H3,(H2,9,10)(H,11,12)/b5-2+. The summed E-state index contributed by atoms with van der Waals surface area (Å²) < 4.78 is 0. The minimum atomic E-state index is -0.845. The van der Waals surface area contributed by atoms with Crippen LogP contribution in [0.15, 0.2) is 11.5 Å². The van der Waals surface area contributed by atoms with Crippen molar-refractivity contribution in [2.24, 2.45) is 0 Å². The molecule has 0 aliphatic carbocycles. The molecule has 13 heavy (non-hydrogen) atoms. The summed E-state index contributed by atoms with van der Waals surface area (Å²) in [5, 5.41) is 10.7. The lowest BCUT2D eigenvalue weighted by atomic mass is 10.2. The van der Waals surface area contributed by atoms with Crippen LogP contribution in [0.2, 0.25) is 0 Å². The molecule has 0 spiro atoms. The number of carbonyl (C=O) groups is 1. The van der Waals surface area contributed by atoms with Gasteiger partial charge >= 0.3 is 5.97 Å². The van der Waals surface area contributed by atoms with Gasteiger partial charge in [-0.2, -0.15) is 0 Å². The monoisotopic (exact) mass is 198 g/mol. The Balaban J connectivity index is 2.72. The van der Waals surface area contributed by atoms with Crippen LogP contribution >= 0.6 is 11.3 Å². The van der Waals surface area contributed by atoms with Crippen LogP contribution in [0.3, 0.4) is 0 Å². The van der Waals surface area contributed by atoms with E-state index in [1.54, 1.807) is 6.08 Å². The average Bonchev–Trinajstić information content (AvgIpc) is 2.47. The Kier molecular flexibility index (Phi) is 3.02. The van der Waals surface area contributed by atoms with Gasteiger partial charge in [0.05, 0.1) is 12.1 Å². The summed E-state index contributed by atoms with van der Waals surface area (Å²) in [6, 6.07) is 0. The van der Waals surface area contributed by atoms with E-state index in [4.69, 9.17) is 10.8 Å². The summed E-state index contributed by atoms with van der Waals surface area (Å²) in [5.74, 6) is -0.845. The van der Waals surface area contributed by atoms with E-state index in [1.807, 2.05) is 12.3 Å². The molecule has 0 atom stereocenters. The first kappa shape index (κ1) is 9.73. The van der Waals surface area contributed by atoms with E-state index < -0.39 is 5.97 Å². The minimum absolute atomic E-state index is 0.0171. The van der Waals surface area contributed by atoms with Crippen LogP contribution in [0.5, 0.6) is 0 Å². The molecular weight excluding hydrogens is 188 g/mol.